The summed E-state index contributed by atoms with van der Waals surface area (Å²) in [4.78, 5) is 17.8. The van der Waals surface area contributed by atoms with Gasteiger partial charge in [0.1, 0.15) is 5.75 Å². The third-order valence-electron chi connectivity index (χ3n) is 4.82. The van der Waals surface area contributed by atoms with Crippen molar-refractivity contribution >= 4 is 21.7 Å². The molecule has 5 heteroatoms. The Bertz CT molecular complexity index is 1190. The van der Waals surface area contributed by atoms with Gasteiger partial charge < -0.3 is 14.0 Å². The lowest BCUT2D eigenvalue weighted by atomic mass is 10.1. The van der Waals surface area contributed by atoms with Crippen LogP contribution in [0.15, 0.2) is 59.4 Å². The maximum Gasteiger partial charge on any atom is 0.259 e. The normalized spacial score (nSPS) is 11.1. The summed E-state index contributed by atoms with van der Waals surface area (Å²) in [6.07, 6.45) is 0. The molecule has 0 saturated carbocycles. The Morgan fingerprint density at radius 3 is 2.30 bits per heavy atom. The van der Waals surface area contributed by atoms with Gasteiger partial charge in [0.05, 0.1) is 32.0 Å². The number of nitrogens with zero attached hydrogens (tertiary/aromatic N) is 2. The molecule has 2 heterocycles. The molecule has 0 unspecified atom stereocenters. The van der Waals surface area contributed by atoms with E-state index in [0.717, 1.165) is 33.3 Å². The summed E-state index contributed by atoms with van der Waals surface area (Å²) in [5.41, 5.74) is 2.59. The van der Waals surface area contributed by atoms with Crippen LogP contribution in [0.4, 0.5) is 0 Å². The number of fused-ring (bicyclic) bond motifs is 3. The highest BCUT2D eigenvalue weighted by atomic mass is 16.5. The molecule has 4 aromatic rings. The molecule has 0 saturated heterocycles. The predicted octanol–water partition coefficient (Wildman–Crippen LogP) is 3.92. The molecular weight excluding hydrogens is 340 g/mol. The van der Waals surface area contributed by atoms with Gasteiger partial charge >= 0.3 is 0 Å². The average molecular weight is 360 g/mol. The van der Waals surface area contributed by atoms with Crippen molar-refractivity contribution in [2.24, 2.45) is 0 Å². The summed E-state index contributed by atoms with van der Waals surface area (Å²) in [5.74, 6) is 1.33. The molecule has 4 rings (SSSR count). The Balaban J connectivity index is 2.02. The quantitative estimate of drug-likeness (QED) is 0.518. The molecular formula is C22H20N2O3. The molecule has 0 bridgehead atoms. The van der Waals surface area contributed by atoms with Crippen molar-refractivity contribution in [1.82, 2.24) is 9.55 Å². The molecule has 0 radical (unpaired) electrons. The second-order valence-corrected chi connectivity index (χ2v) is 6.43. The number of ether oxygens (including phenoxy) is 2. The van der Waals surface area contributed by atoms with Crippen molar-refractivity contribution < 1.29 is 9.47 Å². The summed E-state index contributed by atoms with van der Waals surface area (Å²) < 4.78 is 12.4. The van der Waals surface area contributed by atoms with Gasteiger partial charge in [-0.3, -0.25) is 4.79 Å². The van der Waals surface area contributed by atoms with Crippen LogP contribution in [0.25, 0.3) is 21.7 Å². The highest BCUT2D eigenvalue weighted by Gasteiger charge is 2.15. The second kappa shape index (κ2) is 6.76. The first-order chi connectivity index (χ1) is 13.1. The minimum Gasteiger partial charge on any atom is -0.497 e. The number of methoxy groups -OCH3 is 2. The van der Waals surface area contributed by atoms with E-state index in [1.54, 1.807) is 18.8 Å². The lowest BCUT2D eigenvalue weighted by Crippen LogP contribution is -2.22. The van der Waals surface area contributed by atoms with Crippen LogP contribution in [-0.2, 0) is 6.54 Å². The number of hydrogen-bond acceptors (Lipinski definition) is 4. The zero-order valence-corrected chi connectivity index (χ0v) is 15.5. The van der Waals surface area contributed by atoms with Gasteiger partial charge in [0, 0.05) is 16.8 Å². The van der Waals surface area contributed by atoms with E-state index in [1.165, 1.54) is 0 Å². The molecule has 0 N–H and O–H groups in total. The number of aryl methyl sites for hydroxylation is 1. The predicted molar refractivity (Wildman–Crippen MR) is 107 cm³/mol. The average Bonchev–Trinajstić information content (AvgIpc) is 2.71. The molecule has 0 spiro atoms. The third-order valence-corrected chi connectivity index (χ3v) is 4.82. The van der Waals surface area contributed by atoms with Gasteiger partial charge in [-0.1, -0.05) is 30.3 Å². The molecule has 0 atom stereocenters. The van der Waals surface area contributed by atoms with E-state index in [4.69, 9.17) is 9.47 Å². The zero-order valence-electron chi connectivity index (χ0n) is 15.5. The standard InChI is InChI=1S/C22H20N2O3/c1-14-21-19(12-20(23-14)27-3)17-6-4-5-7-18(17)22(25)24(21)13-15-8-10-16(26-2)11-9-15/h4-12H,13H2,1-3H3. The Hall–Kier alpha value is -3.34. The fourth-order valence-electron chi connectivity index (χ4n) is 3.50. The van der Waals surface area contributed by atoms with Crippen LogP contribution >= 0.6 is 0 Å². The Morgan fingerprint density at radius 1 is 0.926 bits per heavy atom. The smallest absolute Gasteiger partial charge is 0.259 e. The maximum absolute atomic E-state index is 13.3. The molecule has 27 heavy (non-hydrogen) atoms. The van der Waals surface area contributed by atoms with Crippen molar-refractivity contribution in [3.63, 3.8) is 0 Å². The Labute approximate surface area is 156 Å². The summed E-state index contributed by atoms with van der Waals surface area (Å²) in [6.45, 7) is 2.36. The molecule has 2 aromatic carbocycles. The monoisotopic (exact) mass is 360 g/mol. The first-order valence-corrected chi connectivity index (χ1v) is 8.72. The van der Waals surface area contributed by atoms with Crippen LogP contribution in [-0.4, -0.2) is 23.8 Å². The second-order valence-electron chi connectivity index (χ2n) is 6.43. The van der Waals surface area contributed by atoms with Crippen LogP contribution in [0.5, 0.6) is 11.6 Å². The van der Waals surface area contributed by atoms with E-state index in [0.29, 0.717) is 17.8 Å². The Morgan fingerprint density at radius 2 is 1.63 bits per heavy atom. The van der Waals surface area contributed by atoms with Crippen molar-refractivity contribution in [3.8, 4) is 11.6 Å². The van der Waals surface area contributed by atoms with E-state index in [2.05, 4.69) is 4.98 Å². The minimum atomic E-state index is -0.0241. The third kappa shape index (κ3) is 2.91. The van der Waals surface area contributed by atoms with E-state index in [-0.39, 0.29) is 5.56 Å². The SMILES string of the molecule is COc1ccc(Cn2c(=O)c3ccccc3c3cc(OC)nc(C)c32)cc1. The van der Waals surface area contributed by atoms with Crippen molar-refractivity contribution in [1.29, 1.82) is 0 Å². The van der Waals surface area contributed by atoms with Gasteiger partial charge in [0.25, 0.3) is 5.56 Å². The molecule has 0 amide bonds. The summed E-state index contributed by atoms with van der Waals surface area (Å²) in [6, 6.07) is 17.3. The Kier molecular flexibility index (Phi) is 4.28. The summed E-state index contributed by atoms with van der Waals surface area (Å²) >= 11 is 0. The summed E-state index contributed by atoms with van der Waals surface area (Å²) in [7, 11) is 3.24. The first-order valence-electron chi connectivity index (χ1n) is 8.72. The number of pyridine rings is 2. The fraction of sp³-hybridized carbons (Fsp3) is 0.182. The van der Waals surface area contributed by atoms with Crippen LogP contribution in [0.2, 0.25) is 0 Å². The zero-order chi connectivity index (χ0) is 19.0. The van der Waals surface area contributed by atoms with Crippen LogP contribution < -0.4 is 15.0 Å². The number of benzene rings is 2. The number of aromatic nitrogens is 2. The van der Waals surface area contributed by atoms with Gasteiger partial charge in [-0.2, -0.15) is 0 Å². The van der Waals surface area contributed by atoms with Gasteiger partial charge in [0.15, 0.2) is 0 Å². The number of hydrogen-bond donors (Lipinski definition) is 0. The lowest BCUT2D eigenvalue weighted by molar-refractivity contribution is 0.397. The van der Waals surface area contributed by atoms with E-state index in [9.17, 15) is 4.79 Å². The maximum atomic E-state index is 13.3. The topological polar surface area (TPSA) is 53.4 Å². The minimum absolute atomic E-state index is 0.0241. The molecule has 5 nitrogen and oxygen atoms in total. The van der Waals surface area contributed by atoms with Crippen molar-refractivity contribution in [2.75, 3.05) is 14.2 Å². The molecule has 0 aliphatic rings. The summed E-state index contributed by atoms with van der Waals surface area (Å²) in [5, 5.41) is 2.56. The van der Waals surface area contributed by atoms with E-state index >= 15 is 0 Å². The molecule has 0 aliphatic heterocycles. The van der Waals surface area contributed by atoms with Crippen LogP contribution in [0, 0.1) is 6.92 Å². The largest absolute Gasteiger partial charge is 0.497 e. The van der Waals surface area contributed by atoms with E-state index in [1.807, 2.05) is 61.5 Å². The lowest BCUT2D eigenvalue weighted by Gasteiger charge is -2.16. The molecule has 0 fully saturated rings. The van der Waals surface area contributed by atoms with Crippen molar-refractivity contribution in [2.45, 2.75) is 13.5 Å². The highest BCUT2D eigenvalue weighted by molar-refractivity contribution is 6.06. The van der Waals surface area contributed by atoms with Crippen LogP contribution in [0.1, 0.15) is 11.3 Å². The van der Waals surface area contributed by atoms with Gasteiger partial charge in [-0.05, 0) is 36.1 Å². The van der Waals surface area contributed by atoms with Crippen molar-refractivity contribution in [3.05, 3.63) is 76.2 Å². The fourth-order valence-corrected chi connectivity index (χ4v) is 3.50. The van der Waals surface area contributed by atoms with Gasteiger partial charge in [-0.25, -0.2) is 4.98 Å². The van der Waals surface area contributed by atoms with E-state index < -0.39 is 0 Å². The van der Waals surface area contributed by atoms with Crippen LogP contribution in [0.3, 0.4) is 0 Å². The van der Waals surface area contributed by atoms with Gasteiger partial charge in [0.2, 0.25) is 5.88 Å². The molecule has 0 aliphatic carbocycles. The number of rotatable bonds is 4. The van der Waals surface area contributed by atoms with Gasteiger partial charge in [-0.15, -0.1) is 0 Å². The molecule has 2 aromatic heterocycles. The first kappa shape index (κ1) is 17.1. The highest BCUT2D eigenvalue weighted by Crippen LogP contribution is 2.28. The molecule has 136 valence electrons.